The summed E-state index contributed by atoms with van der Waals surface area (Å²) in [5.41, 5.74) is 1.12. The van der Waals surface area contributed by atoms with Crippen LogP contribution in [0.4, 0.5) is 0 Å². The van der Waals surface area contributed by atoms with Gasteiger partial charge < -0.3 is 20.1 Å². The molecule has 1 saturated heterocycles. The summed E-state index contributed by atoms with van der Waals surface area (Å²) < 4.78 is 11.0. The van der Waals surface area contributed by atoms with Crippen molar-refractivity contribution < 1.29 is 9.47 Å². The Balaban J connectivity index is 0.00000392. The summed E-state index contributed by atoms with van der Waals surface area (Å²) in [6.45, 7) is 9.82. The smallest absolute Gasteiger partial charge is 0.191 e. The summed E-state index contributed by atoms with van der Waals surface area (Å²) in [7, 11) is 3.52. The highest BCUT2D eigenvalue weighted by atomic mass is 127. The Kier molecular flexibility index (Phi) is 12.5. The molecule has 1 heterocycles. The summed E-state index contributed by atoms with van der Waals surface area (Å²) in [5, 5.41) is 6.95. The molecule has 0 aromatic heterocycles. The van der Waals surface area contributed by atoms with E-state index in [0.717, 1.165) is 50.1 Å². The van der Waals surface area contributed by atoms with Gasteiger partial charge in [-0.1, -0.05) is 44.9 Å². The van der Waals surface area contributed by atoms with Crippen LogP contribution in [0.3, 0.4) is 0 Å². The molecule has 1 fully saturated rings. The molecule has 0 spiro atoms. The number of nitrogens with one attached hydrogen (secondary N) is 2. The minimum Gasteiger partial charge on any atom is -0.496 e. The predicted octanol–water partition coefficient (Wildman–Crippen LogP) is 3.12. The molecule has 1 aromatic rings. The fourth-order valence-corrected chi connectivity index (χ4v) is 3.79. The molecule has 2 N–H and O–H groups in total. The first-order valence-electron chi connectivity index (χ1n) is 10.1. The van der Waals surface area contributed by atoms with E-state index in [2.05, 4.69) is 40.4 Å². The second kappa shape index (κ2) is 14.0. The minimum absolute atomic E-state index is 0. The maximum atomic E-state index is 5.54. The van der Waals surface area contributed by atoms with Crippen molar-refractivity contribution in [3.8, 4) is 5.75 Å². The van der Waals surface area contributed by atoms with Crippen LogP contribution in [0.25, 0.3) is 0 Å². The van der Waals surface area contributed by atoms with E-state index in [1.54, 1.807) is 7.11 Å². The molecule has 1 aliphatic heterocycles. The van der Waals surface area contributed by atoms with E-state index in [1.165, 1.54) is 12.8 Å². The fraction of sp³-hybridized carbons (Fsp3) is 0.667. The molecular formula is C21H37IN4O2. The van der Waals surface area contributed by atoms with Gasteiger partial charge in [-0.05, 0) is 12.0 Å². The lowest BCUT2D eigenvalue weighted by atomic mass is 9.92. The zero-order valence-corrected chi connectivity index (χ0v) is 20.1. The van der Waals surface area contributed by atoms with E-state index >= 15 is 0 Å². The summed E-state index contributed by atoms with van der Waals surface area (Å²) in [6.07, 6.45) is 2.38. The molecule has 28 heavy (non-hydrogen) atoms. The van der Waals surface area contributed by atoms with Crippen molar-refractivity contribution in [1.29, 1.82) is 0 Å². The van der Waals surface area contributed by atoms with Crippen molar-refractivity contribution in [2.24, 2.45) is 10.9 Å². The van der Waals surface area contributed by atoms with E-state index < -0.39 is 0 Å². The van der Waals surface area contributed by atoms with Crippen LogP contribution in [-0.2, 0) is 11.3 Å². The molecule has 0 aliphatic carbocycles. The van der Waals surface area contributed by atoms with Crippen molar-refractivity contribution in [1.82, 2.24) is 15.5 Å². The molecule has 1 atom stereocenters. The quantitative estimate of drug-likeness (QED) is 0.308. The molecule has 160 valence electrons. The molecule has 2 rings (SSSR count). The Bertz CT molecular complexity index is 575. The number of guanidine groups is 1. The van der Waals surface area contributed by atoms with E-state index in [4.69, 9.17) is 9.47 Å². The largest absolute Gasteiger partial charge is 0.496 e. The van der Waals surface area contributed by atoms with Gasteiger partial charge >= 0.3 is 0 Å². The zero-order valence-electron chi connectivity index (χ0n) is 17.7. The number of hydrogen-bond acceptors (Lipinski definition) is 4. The number of aliphatic imine (C=N–C) groups is 1. The van der Waals surface area contributed by atoms with Crippen LogP contribution in [0, 0.1) is 5.92 Å². The van der Waals surface area contributed by atoms with Crippen LogP contribution >= 0.6 is 24.0 Å². The summed E-state index contributed by atoms with van der Waals surface area (Å²) in [5.74, 6) is 2.39. The third kappa shape index (κ3) is 7.40. The summed E-state index contributed by atoms with van der Waals surface area (Å²) in [6, 6.07) is 8.55. The third-order valence-electron chi connectivity index (χ3n) is 5.45. The number of para-hydroxylation sites is 1. The number of benzene rings is 1. The van der Waals surface area contributed by atoms with Crippen LogP contribution in [0.15, 0.2) is 29.3 Å². The predicted molar refractivity (Wildman–Crippen MR) is 127 cm³/mol. The van der Waals surface area contributed by atoms with Gasteiger partial charge in [0, 0.05) is 44.8 Å². The SMILES string of the molecule is CCC(CC)C(CNC(=NC)NCc1ccccc1OC)N1CCOCC1.I. The molecule has 7 heteroatoms. The number of rotatable bonds is 9. The van der Waals surface area contributed by atoms with Crippen molar-refractivity contribution in [3.63, 3.8) is 0 Å². The molecule has 0 bridgehead atoms. The standard InChI is InChI=1S/C21H36N4O2.HI/c1-5-17(6-2)19(25-11-13-27-14-12-25)16-24-21(22-3)23-15-18-9-7-8-10-20(18)26-4;/h7-10,17,19H,5-6,11-16H2,1-4H3,(H2,22,23,24);1H. The Morgan fingerprint density at radius 1 is 1.18 bits per heavy atom. The molecule has 6 nitrogen and oxygen atoms in total. The lowest BCUT2D eigenvalue weighted by molar-refractivity contribution is 0.00272. The van der Waals surface area contributed by atoms with Crippen molar-refractivity contribution in [2.45, 2.75) is 39.3 Å². The molecule has 0 saturated carbocycles. The van der Waals surface area contributed by atoms with Gasteiger partial charge in [0.1, 0.15) is 5.75 Å². The molecular weight excluding hydrogens is 467 g/mol. The Morgan fingerprint density at radius 2 is 1.86 bits per heavy atom. The average Bonchev–Trinajstić information content (AvgIpc) is 2.74. The number of hydrogen-bond donors (Lipinski definition) is 2. The second-order valence-corrected chi connectivity index (χ2v) is 6.91. The van der Waals surface area contributed by atoms with Gasteiger partial charge in [-0.15, -0.1) is 24.0 Å². The van der Waals surface area contributed by atoms with Crippen LogP contribution in [-0.4, -0.2) is 63.9 Å². The number of methoxy groups -OCH3 is 1. The molecule has 0 radical (unpaired) electrons. The molecule has 0 amide bonds. The van der Waals surface area contributed by atoms with Crippen LogP contribution in [0.2, 0.25) is 0 Å². The maximum Gasteiger partial charge on any atom is 0.191 e. The normalized spacial score (nSPS) is 16.4. The first-order valence-corrected chi connectivity index (χ1v) is 10.1. The fourth-order valence-electron chi connectivity index (χ4n) is 3.79. The Hall–Kier alpha value is -1.06. The van der Waals surface area contributed by atoms with E-state index in [1.807, 2.05) is 25.2 Å². The van der Waals surface area contributed by atoms with E-state index in [9.17, 15) is 0 Å². The number of morpholine rings is 1. The first-order chi connectivity index (χ1) is 13.2. The van der Waals surface area contributed by atoms with Gasteiger partial charge in [0.05, 0.1) is 20.3 Å². The van der Waals surface area contributed by atoms with Crippen molar-refractivity contribution in [2.75, 3.05) is 47.0 Å². The second-order valence-electron chi connectivity index (χ2n) is 6.91. The monoisotopic (exact) mass is 504 g/mol. The number of halogens is 1. The highest BCUT2D eigenvalue weighted by Gasteiger charge is 2.27. The highest BCUT2D eigenvalue weighted by Crippen LogP contribution is 2.20. The van der Waals surface area contributed by atoms with Gasteiger partial charge in [-0.25, -0.2) is 0 Å². The van der Waals surface area contributed by atoms with Gasteiger partial charge in [0.2, 0.25) is 0 Å². The lowest BCUT2D eigenvalue weighted by Gasteiger charge is -2.39. The van der Waals surface area contributed by atoms with Crippen molar-refractivity contribution in [3.05, 3.63) is 29.8 Å². The van der Waals surface area contributed by atoms with Crippen LogP contribution < -0.4 is 15.4 Å². The van der Waals surface area contributed by atoms with Gasteiger partial charge in [0.15, 0.2) is 5.96 Å². The summed E-state index contributed by atoms with van der Waals surface area (Å²) in [4.78, 5) is 6.97. The van der Waals surface area contributed by atoms with Crippen LogP contribution in [0.5, 0.6) is 5.75 Å². The van der Waals surface area contributed by atoms with Crippen molar-refractivity contribution >= 4 is 29.9 Å². The molecule has 1 unspecified atom stereocenters. The maximum absolute atomic E-state index is 5.54. The van der Waals surface area contributed by atoms with E-state index in [0.29, 0.717) is 18.5 Å². The lowest BCUT2D eigenvalue weighted by Crippen LogP contribution is -2.53. The van der Waals surface area contributed by atoms with Gasteiger partial charge in [-0.3, -0.25) is 9.89 Å². The topological polar surface area (TPSA) is 58.1 Å². The average molecular weight is 504 g/mol. The minimum atomic E-state index is 0. The van der Waals surface area contributed by atoms with E-state index in [-0.39, 0.29) is 24.0 Å². The highest BCUT2D eigenvalue weighted by molar-refractivity contribution is 14.0. The van der Waals surface area contributed by atoms with Gasteiger partial charge in [-0.2, -0.15) is 0 Å². The number of nitrogens with zero attached hydrogens (tertiary/aromatic N) is 2. The molecule has 1 aliphatic rings. The first kappa shape index (κ1) is 25.0. The third-order valence-corrected chi connectivity index (χ3v) is 5.45. The Morgan fingerprint density at radius 3 is 2.46 bits per heavy atom. The van der Waals surface area contributed by atoms with Gasteiger partial charge in [0.25, 0.3) is 0 Å². The molecule has 1 aromatic carbocycles. The Labute approximate surface area is 187 Å². The zero-order chi connectivity index (χ0) is 19.5. The number of ether oxygens (including phenoxy) is 2. The van der Waals surface area contributed by atoms with Crippen LogP contribution in [0.1, 0.15) is 32.3 Å². The summed E-state index contributed by atoms with van der Waals surface area (Å²) >= 11 is 0.